The third-order valence-corrected chi connectivity index (χ3v) is 3.18. The Balaban J connectivity index is 1.87. The van der Waals surface area contributed by atoms with E-state index in [9.17, 15) is 4.79 Å². The van der Waals surface area contributed by atoms with Gasteiger partial charge in [0.2, 0.25) is 5.91 Å². The molecule has 2 rings (SSSR count). The second-order valence-corrected chi connectivity index (χ2v) is 4.48. The third-order valence-electron chi connectivity index (χ3n) is 3.18. The van der Waals surface area contributed by atoms with E-state index in [1.165, 1.54) is 0 Å². The van der Waals surface area contributed by atoms with Crippen molar-refractivity contribution in [3.63, 3.8) is 0 Å². The summed E-state index contributed by atoms with van der Waals surface area (Å²) in [6, 6.07) is 0. The molecule has 1 fully saturated rings. The van der Waals surface area contributed by atoms with Crippen molar-refractivity contribution in [1.29, 1.82) is 0 Å². The summed E-state index contributed by atoms with van der Waals surface area (Å²) < 4.78 is 1.83. The van der Waals surface area contributed by atoms with Crippen molar-refractivity contribution < 1.29 is 4.79 Å². The first kappa shape index (κ1) is 12.0. The van der Waals surface area contributed by atoms with Gasteiger partial charge in [0.25, 0.3) is 0 Å². The van der Waals surface area contributed by atoms with Crippen molar-refractivity contribution in [3.8, 4) is 0 Å². The number of hydrogen-bond acceptors (Lipinski definition) is 4. The fourth-order valence-corrected chi connectivity index (χ4v) is 2.22. The molecule has 1 atom stereocenters. The van der Waals surface area contributed by atoms with Crippen LogP contribution in [0.1, 0.15) is 25.5 Å². The molecule has 1 unspecified atom stereocenters. The van der Waals surface area contributed by atoms with E-state index in [2.05, 4.69) is 10.3 Å². The highest BCUT2D eigenvalue weighted by Crippen LogP contribution is 2.18. The molecule has 2 heterocycles. The molecular weight excluding hydrogens is 218 g/mol. The molecular formula is C11H19N5O. The summed E-state index contributed by atoms with van der Waals surface area (Å²) in [6.07, 6.45) is 3.52. The molecule has 17 heavy (non-hydrogen) atoms. The van der Waals surface area contributed by atoms with E-state index in [4.69, 9.17) is 5.73 Å². The van der Waals surface area contributed by atoms with Gasteiger partial charge >= 0.3 is 0 Å². The molecule has 0 aliphatic carbocycles. The first-order chi connectivity index (χ1) is 8.22. The van der Waals surface area contributed by atoms with Crippen LogP contribution >= 0.6 is 0 Å². The van der Waals surface area contributed by atoms with Crippen LogP contribution in [-0.2, 0) is 17.9 Å². The second kappa shape index (κ2) is 5.27. The van der Waals surface area contributed by atoms with E-state index in [0.717, 1.165) is 31.7 Å². The zero-order chi connectivity index (χ0) is 12.3. The van der Waals surface area contributed by atoms with Crippen LogP contribution in [0.5, 0.6) is 0 Å². The van der Waals surface area contributed by atoms with Crippen molar-refractivity contribution in [1.82, 2.24) is 19.9 Å². The monoisotopic (exact) mass is 237 g/mol. The molecule has 0 bridgehead atoms. The molecule has 6 nitrogen and oxygen atoms in total. The van der Waals surface area contributed by atoms with Crippen molar-refractivity contribution in [2.45, 2.75) is 32.9 Å². The van der Waals surface area contributed by atoms with Gasteiger partial charge in [-0.1, -0.05) is 12.1 Å². The standard InChI is InChI=1S/C11H19N5O/c1-2-11(17)15-4-3-9(6-15)7-16-8-10(5-12)13-14-16/h8-9H,2-7,12H2,1H3. The molecule has 6 heteroatoms. The molecule has 0 aromatic carbocycles. The number of nitrogens with two attached hydrogens (primary N) is 1. The van der Waals surface area contributed by atoms with Gasteiger partial charge in [0.1, 0.15) is 0 Å². The number of likely N-dealkylation sites (tertiary alicyclic amines) is 1. The first-order valence-electron chi connectivity index (χ1n) is 6.09. The molecule has 0 radical (unpaired) electrons. The molecule has 1 aromatic rings. The number of aromatic nitrogens is 3. The van der Waals surface area contributed by atoms with Gasteiger partial charge < -0.3 is 10.6 Å². The average molecular weight is 237 g/mol. The summed E-state index contributed by atoms with van der Waals surface area (Å²) >= 11 is 0. The van der Waals surface area contributed by atoms with E-state index < -0.39 is 0 Å². The van der Waals surface area contributed by atoms with Crippen molar-refractivity contribution >= 4 is 5.91 Å². The average Bonchev–Trinajstić information content (AvgIpc) is 2.97. The van der Waals surface area contributed by atoms with Gasteiger partial charge in [-0.3, -0.25) is 9.48 Å². The maximum Gasteiger partial charge on any atom is 0.222 e. The van der Waals surface area contributed by atoms with E-state index in [-0.39, 0.29) is 5.91 Å². The fourth-order valence-electron chi connectivity index (χ4n) is 2.22. The van der Waals surface area contributed by atoms with Crippen LogP contribution in [0.4, 0.5) is 0 Å². The number of nitrogens with zero attached hydrogens (tertiary/aromatic N) is 4. The van der Waals surface area contributed by atoms with Gasteiger partial charge in [0.05, 0.1) is 5.69 Å². The molecule has 1 aliphatic heterocycles. The molecule has 94 valence electrons. The minimum Gasteiger partial charge on any atom is -0.342 e. The van der Waals surface area contributed by atoms with E-state index in [0.29, 0.717) is 18.9 Å². The van der Waals surface area contributed by atoms with Crippen LogP contribution in [0.2, 0.25) is 0 Å². The van der Waals surface area contributed by atoms with E-state index >= 15 is 0 Å². The molecule has 1 saturated heterocycles. The Bertz CT molecular complexity index is 389. The lowest BCUT2D eigenvalue weighted by molar-refractivity contribution is -0.129. The van der Waals surface area contributed by atoms with Gasteiger partial charge in [-0.15, -0.1) is 5.10 Å². The fraction of sp³-hybridized carbons (Fsp3) is 0.727. The quantitative estimate of drug-likeness (QED) is 0.799. The minimum absolute atomic E-state index is 0.244. The predicted octanol–water partition coefficient (Wildman–Crippen LogP) is -0.00470. The molecule has 0 saturated carbocycles. The van der Waals surface area contributed by atoms with Gasteiger partial charge in [0.15, 0.2) is 0 Å². The smallest absolute Gasteiger partial charge is 0.222 e. The van der Waals surface area contributed by atoms with Crippen LogP contribution in [0.25, 0.3) is 0 Å². The lowest BCUT2D eigenvalue weighted by Gasteiger charge is -2.15. The number of hydrogen-bond donors (Lipinski definition) is 1. The summed E-state index contributed by atoms with van der Waals surface area (Å²) in [6.45, 7) is 4.85. The second-order valence-electron chi connectivity index (χ2n) is 4.48. The highest BCUT2D eigenvalue weighted by Gasteiger charge is 2.25. The Kier molecular flexibility index (Phi) is 3.73. The van der Waals surface area contributed by atoms with Crippen LogP contribution in [-0.4, -0.2) is 38.9 Å². The van der Waals surface area contributed by atoms with Gasteiger partial charge in [-0.2, -0.15) is 0 Å². The van der Waals surface area contributed by atoms with E-state index in [1.807, 2.05) is 22.7 Å². The zero-order valence-electron chi connectivity index (χ0n) is 10.2. The van der Waals surface area contributed by atoms with Crippen molar-refractivity contribution in [2.75, 3.05) is 13.1 Å². The molecule has 2 N–H and O–H groups in total. The van der Waals surface area contributed by atoms with Crippen LogP contribution in [0.15, 0.2) is 6.20 Å². The van der Waals surface area contributed by atoms with Crippen LogP contribution in [0.3, 0.4) is 0 Å². The first-order valence-corrected chi connectivity index (χ1v) is 6.09. The Labute approximate surface area is 101 Å². The van der Waals surface area contributed by atoms with Gasteiger partial charge in [-0.05, 0) is 12.3 Å². The van der Waals surface area contributed by atoms with Crippen molar-refractivity contribution in [2.24, 2.45) is 11.7 Å². The summed E-state index contributed by atoms with van der Waals surface area (Å²) in [5.41, 5.74) is 6.29. The third kappa shape index (κ3) is 2.82. The topological polar surface area (TPSA) is 77.0 Å². The minimum atomic E-state index is 0.244. The highest BCUT2D eigenvalue weighted by atomic mass is 16.2. The SMILES string of the molecule is CCC(=O)N1CCC(Cn2cc(CN)nn2)C1. The number of amides is 1. The van der Waals surface area contributed by atoms with Gasteiger partial charge in [-0.25, -0.2) is 0 Å². The Hall–Kier alpha value is -1.43. The van der Waals surface area contributed by atoms with Crippen LogP contribution in [0, 0.1) is 5.92 Å². The molecule has 0 spiro atoms. The van der Waals surface area contributed by atoms with Crippen molar-refractivity contribution in [3.05, 3.63) is 11.9 Å². The largest absolute Gasteiger partial charge is 0.342 e. The zero-order valence-corrected chi connectivity index (χ0v) is 10.2. The lowest BCUT2D eigenvalue weighted by atomic mass is 10.1. The lowest BCUT2D eigenvalue weighted by Crippen LogP contribution is -2.28. The maximum atomic E-state index is 11.5. The number of carbonyl (C=O) groups excluding carboxylic acids is 1. The Morgan fingerprint density at radius 3 is 3.12 bits per heavy atom. The van der Waals surface area contributed by atoms with Crippen LogP contribution < -0.4 is 5.73 Å². The Morgan fingerprint density at radius 1 is 1.65 bits per heavy atom. The summed E-state index contributed by atoms with van der Waals surface area (Å²) in [7, 11) is 0. The summed E-state index contributed by atoms with van der Waals surface area (Å²) in [5, 5.41) is 7.98. The highest BCUT2D eigenvalue weighted by molar-refractivity contribution is 5.76. The number of rotatable bonds is 4. The summed E-state index contributed by atoms with van der Waals surface area (Å²) in [4.78, 5) is 13.5. The molecule has 1 amide bonds. The predicted molar refractivity (Wildman–Crippen MR) is 62.9 cm³/mol. The summed E-state index contributed by atoms with van der Waals surface area (Å²) in [5.74, 6) is 0.728. The van der Waals surface area contributed by atoms with E-state index in [1.54, 1.807) is 0 Å². The Morgan fingerprint density at radius 2 is 2.47 bits per heavy atom. The maximum absolute atomic E-state index is 11.5. The number of carbonyl (C=O) groups is 1. The van der Waals surface area contributed by atoms with Gasteiger partial charge in [0, 0.05) is 38.8 Å². The molecule has 1 aromatic heterocycles. The normalized spacial score (nSPS) is 19.9. The molecule has 1 aliphatic rings.